The number of nitrogens with two attached hydrogens (primary N) is 1. The average Bonchev–Trinajstić information content (AvgIpc) is 4.01. The van der Waals surface area contributed by atoms with Crippen molar-refractivity contribution in [2.75, 3.05) is 31.8 Å². The zero-order chi connectivity index (χ0) is 43.2. The van der Waals surface area contributed by atoms with Gasteiger partial charge in [-0.3, -0.25) is 28.8 Å². The molecule has 59 heavy (non-hydrogen) atoms. The first-order chi connectivity index (χ1) is 28.2. The second kappa shape index (κ2) is 22.0. The molecule has 1 saturated heterocycles. The van der Waals surface area contributed by atoms with Crippen molar-refractivity contribution in [1.29, 1.82) is 0 Å². The summed E-state index contributed by atoms with van der Waals surface area (Å²) >= 11 is 1.40. The number of aromatic nitrogens is 3. The van der Waals surface area contributed by atoms with E-state index in [1.54, 1.807) is 30.7 Å². The van der Waals surface area contributed by atoms with Gasteiger partial charge in [0.15, 0.2) is 6.04 Å². The summed E-state index contributed by atoms with van der Waals surface area (Å²) in [5, 5.41) is 52.1. The maximum absolute atomic E-state index is 14.1. The third-order valence-electron chi connectivity index (χ3n) is 9.80. The van der Waals surface area contributed by atoms with E-state index in [0.29, 0.717) is 23.4 Å². The normalized spacial score (nSPS) is 17.5. The Kier molecular flexibility index (Phi) is 17.2. The number of carboxylic acids is 1. The highest BCUT2D eigenvalue weighted by Crippen LogP contribution is 2.22. The molecule has 8 atom stereocenters. The Bertz CT molecular complexity index is 1930. The molecular formula is C37H52N10O11S. The number of thioether (sulfide) groups is 1. The summed E-state index contributed by atoms with van der Waals surface area (Å²) in [4.78, 5) is 104. The maximum Gasteiger partial charge on any atom is 0.328 e. The first kappa shape index (κ1) is 46.1. The molecule has 0 bridgehead atoms. The zero-order valence-corrected chi connectivity index (χ0v) is 33.4. The summed E-state index contributed by atoms with van der Waals surface area (Å²) in [6.45, 7) is -0.482. The van der Waals surface area contributed by atoms with E-state index in [4.69, 9.17) is 5.73 Å². The van der Waals surface area contributed by atoms with E-state index in [-0.39, 0.29) is 32.2 Å². The van der Waals surface area contributed by atoms with Crippen LogP contribution in [-0.2, 0) is 46.4 Å². The van der Waals surface area contributed by atoms with Crippen molar-refractivity contribution in [3.63, 3.8) is 0 Å². The molecule has 0 unspecified atom stereocenters. The second-order valence-electron chi connectivity index (χ2n) is 14.1. The number of benzene rings is 1. The highest BCUT2D eigenvalue weighted by molar-refractivity contribution is 7.98. The van der Waals surface area contributed by atoms with E-state index in [1.807, 2.05) is 6.07 Å². The van der Waals surface area contributed by atoms with Gasteiger partial charge in [0.2, 0.25) is 35.4 Å². The molecule has 0 aliphatic carbocycles. The van der Waals surface area contributed by atoms with Gasteiger partial charge in [-0.1, -0.05) is 18.2 Å². The number of hydrogen-bond acceptors (Lipinski definition) is 13. The second-order valence-corrected chi connectivity index (χ2v) is 15.1. The highest BCUT2D eigenvalue weighted by atomic mass is 32.2. The van der Waals surface area contributed by atoms with Gasteiger partial charge in [0.25, 0.3) is 0 Å². The van der Waals surface area contributed by atoms with Crippen LogP contribution in [0.3, 0.4) is 0 Å². The Labute approximate surface area is 343 Å². The molecule has 0 saturated carbocycles. The lowest BCUT2D eigenvalue weighted by atomic mass is 10.0. The van der Waals surface area contributed by atoms with Crippen LogP contribution in [0.2, 0.25) is 0 Å². The van der Waals surface area contributed by atoms with Crippen LogP contribution >= 0.6 is 11.8 Å². The summed E-state index contributed by atoms with van der Waals surface area (Å²) < 4.78 is 0. The summed E-state index contributed by atoms with van der Waals surface area (Å²) in [5.74, 6) is -6.04. The van der Waals surface area contributed by atoms with E-state index in [2.05, 4.69) is 41.5 Å². The number of aliphatic hydroxyl groups is 3. The molecule has 3 heterocycles. The standard InChI is InChI=1S/C37H52N10O11S/c1-19(50)30(37(57)58)46-34(54)28(17-49)45-32(52)26(12-20-14-40-24-7-4-3-6-22(20)24)43-35(55)29-8-5-10-47(29)36(56)25(9-11-59-2)42-33(53)27(16-48)44-31(51)23(38)13-21-15-39-18-41-21/h3-4,6-7,14-15,18-19,23,25-30,40,48-50H,5,8-13,16-17,38H2,1-2H3,(H,39,41)(H,42,53)(H,43,55)(H,44,51)(H,45,52)(H,46,54)(H,57,58)/t19-,23+,25+,26+,27+,28+,29+,30+/m1/s1. The van der Waals surface area contributed by atoms with Crippen molar-refractivity contribution in [2.45, 2.75) is 87.4 Å². The number of aliphatic hydroxyl groups excluding tert-OH is 3. The van der Waals surface area contributed by atoms with Crippen molar-refractivity contribution >= 4 is 64.1 Å². The molecule has 3 aromatic rings. The molecule has 0 spiro atoms. The van der Waals surface area contributed by atoms with Gasteiger partial charge in [-0.15, -0.1) is 0 Å². The largest absolute Gasteiger partial charge is 0.480 e. The molecular weight excluding hydrogens is 793 g/mol. The topological polar surface area (TPSA) is 334 Å². The first-order valence-electron chi connectivity index (χ1n) is 18.9. The Morgan fingerprint density at radius 2 is 1.54 bits per heavy atom. The van der Waals surface area contributed by atoms with Gasteiger partial charge in [-0.2, -0.15) is 11.8 Å². The van der Waals surface area contributed by atoms with Crippen molar-refractivity contribution in [3.8, 4) is 0 Å². The number of carbonyl (C=O) groups is 7. The van der Waals surface area contributed by atoms with Crippen molar-refractivity contribution in [1.82, 2.24) is 46.4 Å². The number of aliphatic carboxylic acids is 1. The molecule has 0 radical (unpaired) electrons. The van der Waals surface area contributed by atoms with E-state index in [1.165, 1.54) is 29.2 Å². The number of imidazole rings is 1. The number of carbonyl (C=O) groups excluding carboxylic acids is 6. The van der Waals surface area contributed by atoms with Gasteiger partial charge in [-0.05, 0) is 49.8 Å². The van der Waals surface area contributed by atoms with E-state index < -0.39 is 103 Å². The molecule has 6 amide bonds. The predicted molar refractivity (Wildman–Crippen MR) is 213 cm³/mol. The number of rotatable bonds is 22. The number of nitrogens with zero attached hydrogens (tertiary/aromatic N) is 2. The Morgan fingerprint density at radius 1 is 0.898 bits per heavy atom. The molecule has 1 fully saturated rings. The third kappa shape index (κ3) is 12.5. The van der Waals surface area contributed by atoms with Gasteiger partial charge < -0.3 is 67.6 Å². The summed E-state index contributed by atoms with van der Waals surface area (Å²) in [6.07, 6.45) is 5.55. The Balaban J connectivity index is 1.51. The molecule has 4 rings (SSSR count). The minimum absolute atomic E-state index is 0.0810. The van der Waals surface area contributed by atoms with Gasteiger partial charge >= 0.3 is 5.97 Å². The lowest BCUT2D eigenvalue weighted by Gasteiger charge is -2.31. The first-order valence-corrected chi connectivity index (χ1v) is 20.3. The zero-order valence-electron chi connectivity index (χ0n) is 32.6. The number of fused-ring (bicyclic) bond motifs is 1. The smallest absolute Gasteiger partial charge is 0.328 e. The predicted octanol–water partition coefficient (Wildman–Crippen LogP) is -3.38. The monoisotopic (exact) mass is 844 g/mol. The lowest BCUT2D eigenvalue weighted by molar-refractivity contribution is -0.145. The molecule has 1 aromatic carbocycles. The van der Waals surface area contributed by atoms with Crippen molar-refractivity contribution in [2.24, 2.45) is 5.73 Å². The quantitative estimate of drug-likeness (QED) is 0.0470. The number of nitrogens with one attached hydrogen (secondary N) is 7. The van der Waals surface area contributed by atoms with Crippen LogP contribution in [0.1, 0.15) is 37.4 Å². The fourth-order valence-electron chi connectivity index (χ4n) is 6.57. The number of likely N-dealkylation sites (tertiary alicyclic amines) is 1. The summed E-state index contributed by atoms with van der Waals surface area (Å²) in [6, 6.07) is -2.40. The molecule has 22 heteroatoms. The summed E-state index contributed by atoms with van der Waals surface area (Å²) in [7, 11) is 0. The number of aromatic amines is 2. The number of amides is 6. The molecule has 322 valence electrons. The van der Waals surface area contributed by atoms with Crippen LogP contribution in [-0.4, -0.2) is 162 Å². The molecule has 1 aliphatic heterocycles. The van der Waals surface area contributed by atoms with Gasteiger partial charge in [-0.25, -0.2) is 9.78 Å². The lowest BCUT2D eigenvalue weighted by Crippen LogP contribution is -2.61. The summed E-state index contributed by atoms with van der Waals surface area (Å²) in [5.41, 5.74) is 7.92. The highest BCUT2D eigenvalue weighted by Gasteiger charge is 2.40. The van der Waals surface area contributed by atoms with E-state index in [0.717, 1.165) is 17.8 Å². The van der Waals surface area contributed by atoms with E-state index >= 15 is 0 Å². The van der Waals surface area contributed by atoms with Crippen LogP contribution in [0.15, 0.2) is 43.0 Å². The third-order valence-corrected chi connectivity index (χ3v) is 10.4. The van der Waals surface area contributed by atoms with E-state index in [9.17, 15) is 54.0 Å². The number of para-hydroxylation sites is 1. The van der Waals surface area contributed by atoms with Crippen molar-refractivity contribution in [3.05, 3.63) is 54.2 Å². The van der Waals surface area contributed by atoms with Gasteiger partial charge in [0.1, 0.15) is 30.2 Å². The van der Waals surface area contributed by atoms with Crippen LogP contribution in [0.4, 0.5) is 0 Å². The number of hydrogen-bond donors (Lipinski definition) is 12. The average molecular weight is 845 g/mol. The van der Waals surface area contributed by atoms with Crippen LogP contribution < -0.4 is 32.3 Å². The molecule has 2 aromatic heterocycles. The minimum atomic E-state index is -1.74. The number of carboxylic acid groups (broad SMARTS) is 1. The molecule has 13 N–H and O–H groups in total. The van der Waals surface area contributed by atoms with Gasteiger partial charge in [0, 0.05) is 48.4 Å². The van der Waals surface area contributed by atoms with Crippen LogP contribution in [0, 0.1) is 0 Å². The molecule has 21 nitrogen and oxygen atoms in total. The fraction of sp³-hybridized carbons (Fsp3) is 0.514. The number of H-pyrrole nitrogens is 2. The minimum Gasteiger partial charge on any atom is -0.480 e. The van der Waals surface area contributed by atoms with Crippen LogP contribution in [0.5, 0.6) is 0 Å². The van der Waals surface area contributed by atoms with Crippen molar-refractivity contribution < 1.29 is 54.0 Å². The fourth-order valence-corrected chi connectivity index (χ4v) is 7.05. The molecule has 1 aliphatic rings. The van der Waals surface area contributed by atoms with Crippen LogP contribution in [0.25, 0.3) is 10.9 Å². The Morgan fingerprint density at radius 3 is 2.17 bits per heavy atom. The van der Waals surface area contributed by atoms with Gasteiger partial charge in [0.05, 0.1) is 31.7 Å². The SMILES string of the molecule is CSCC[C@H](NC(=O)[C@H](CO)NC(=O)[C@@H](N)Cc1cnc[nH]1)C(=O)N1CCC[C@H]1C(=O)N[C@@H](Cc1c[nH]c2ccccc12)C(=O)N[C@@H](CO)C(=O)N[C@H](C(=O)O)[C@@H](C)O. The maximum atomic E-state index is 14.1. The Hall–Kier alpha value is -5.55.